The Morgan fingerprint density at radius 1 is 1.48 bits per heavy atom. The molecule has 0 bridgehead atoms. The van der Waals surface area contributed by atoms with E-state index in [1.807, 2.05) is 25.1 Å². The second-order valence-corrected chi connectivity index (χ2v) is 6.49. The molecule has 0 aliphatic rings. The van der Waals surface area contributed by atoms with Crippen LogP contribution in [0.2, 0.25) is 0 Å². The molecule has 2 aromatic rings. The van der Waals surface area contributed by atoms with E-state index in [1.54, 1.807) is 0 Å². The van der Waals surface area contributed by atoms with Gasteiger partial charge in [0.1, 0.15) is 10.7 Å². The molecule has 1 aromatic carbocycles. The fourth-order valence-corrected chi connectivity index (χ4v) is 2.88. The SMILES string of the molecule is CCCNc1nc(N)c(C(=O)Nc2cc(Br)ccc2C)s1. The predicted octanol–water partition coefficient (Wildman–Crippen LogP) is 3.87. The lowest BCUT2D eigenvalue weighted by molar-refractivity contribution is 0.103. The summed E-state index contributed by atoms with van der Waals surface area (Å²) in [5, 5.41) is 6.68. The normalized spacial score (nSPS) is 10.4. The molecule has 1 amide bonds. The number of aromatic nitrogens is 1. The maximum absolute atomic E-state index is 12.3. The largest absolute Gasteiger partial charge is 0.382 e. The fourth-order valence-electron chi connectivity index (χ4n) is 1.71. The van der Waals surface area contributed by atoms with E-state index in [4.69, 9.17) is 5.73 Å². The summed E-state index contributed by atoms with van der Waals surface area (Å²) in [6, 6.07) is 5.73. The molecule has 0 aliphatic heterocycles. The number of nitrogens with zero attached hydrogens (tertiary/aromatic N) is 1. The molecule has 0 saturated heterocycles. The third-order valence-corrected chi connectivity index (χ3v) is 4.35. The van der Waals surface area contributed by atoms with Crippen molar-refractivity contribution < 1.29 is 4.79 Å². The third kappa shape index (κ3) is 3.95. The van der Waals surface area contributed by atoms with Gasteiger partial charge in [-0.05, 0) is 31.0 Å². The van der Waals surface area contributed by atoms with Crippen molar-refractivity contribution in [1.29, 1.82) is 0 Å². The molecule has 112 valence electrons. The Hall–Kier alpha value is -1.60. The van der Waals surface area contributed by atoms with Gasteiger partial charge in [-0.3, -0.25) is 4.79 Å². The molecule has 2 rings (SSSR count). The molecule has 0 atom stereocenters. The van der Waals surface area contributed by atoms with Crippen LogP contribution in [-0.4, -0.2) is 17.4 Å². The van der Waals surface area contributed by atoms with Crippen LogP contribution in [-0.2, 0) is 0 Å². The zero-order valence-corrected chi connectivity index (χ0v) is 14.3. The fraction of sp³-hybridized carbons (Fsp3) is 0.286. The highest BCUT2D eigenvalue weighted by atomic mass is 79.9. The standard InChI is InChI=1S/C14H17BrN4OS/c1-3-6-17-14-19-12(16)11(21-14)13(20)18-10-7-9(15)5-4-8(10)2/h4-5,7H,3,6,16H2,1-2H3,(H,17,19)(H,18,20). The van der Waals surface area contributed by atoms with Crippen molar-refractivity contribution in [2.45, 2.75) is 20.3 Å². The van der Waals surface area contributed by atoms with Gasteiger partial charge in [-0.15, -0.1) is 0 Å². The predicted molar refractivity (Wildman–Crippen MR) is 92.1 cm³/mol. The number of nitrogens with one attached hydrogen (secondary N) is 2. The number of carbonyl (C=O) groups excluding carboxylic acids is 1. The minimum absolute atomic E-state index is 0.240. The number of hydrogen-bond acceptors (Lipinski definition) is 5. The highest BCUT2D eigenvalue weighted by Crippen LogP contribution is 2.27. The molecule has 1 heterocycles. The number of anilines is 3. The summed E-state index contributed by atoms with van der Waals surface area (Å²) in [4.78, 5) is 16.9. The van der Waals surface area contributed by atoms with E-state index in [2.05, 4.69) is 38.5 Å². The van der Waals surface area contributed by atoms with Crippen LogP contribution in [0.4, 0.5) is 16.6 Å². The molecule has 5 nitrogen and oxygen atoms in total. The molecule has 0 aliphatic carbocycles. The second kappa shape index (κ2) is 6.91. The monoisotopic (exact) mass is 368 g/mol. The van der Waals surface area contributed by atoms with Crippen molar-refractivity contribution >= 4 is 49.8 Å². The van der Waals surface area contributed by atoms with E-state index < -0.39 is 0 Å². The van der Waals surface area contributed by atoms with Gasteiger partial charge in [0.15, 0.2) is 5.13 Å². The average molecular weight is 369 g/mol. The molecule has 0 spiro atoms. The molecule has 0 unspecified atom stereocenters. The molecule has 7 heteroatoms. The van der Waals surface area contributed by atoms with Crippen LogP contribution < -0.4 is 16.4 Å². The maximum Gasteiger partial charge on any atom is 0.269 e. The number of rotatable bonds is 5. The van der Waals surface area contributed by atoms with Crippen LogP contribution in [0.5, 0.6) is 0 Å². The minimum atomic E-state index is -0.240. The van der Waals surface area contributed by atoms with E-state index in [1.165, 1.54) is 11.3 Å². The molecule has 4 N–H and O–H groups in total. The van der Waals surface area contributed by atoms with Crippen molar-refractivity contribution in [3.05, 3.63) is 33.1 Å². The molecule has 0 radical (unpaired) electrons. The lowest BCUT2D eigenvalue weighted by atomic mass is 10.2. The number of benzene rings is 1. The number of amides is 1. The van der Waals surface area contributed by atoms with E-state index in [9.17, 15) is 4.79 Å². The third-order valence-electron chi connectivity index (χ3n) is 2.83. The molecule has 0 fully saturated rings. The second-order valence-electron chi connectivity index (χ2n) is 4.57. The first-order valence-electron chi connectivity index (χ1n) is 6.59. The number of aryl methyl sites for hydroxylation is 1. The highest BCUT2D eigenvalue weighted by Gasteiger charge is 2.17. The molecular weight excluding hydrogens is 352 g/mol. The van der Waals surface area contributed by atoms with E-state index >= 15 is 0 Å². The Kier molecular flexibility index (Phi) is 5.19. The Bertz CT molecular complexity index is 656. The average Bonchev–Trinajstić information content (AvgIpc) is 2.82. The number of hydrogen-bond donors (Lipinski definition) is 3. The van der Waals surface area contributed by atoms with Crippen LogP contribution in [0.1, 0.15) is 28.6 Å². The maximum atomic E-state index is 12.3. The van der Waals surface area contributed by atoms with Crippen molar-refractivity contribution in [3.8, 4) is 0 Å². The van der Waals surface area contributed by atoms with E-state index in [0.717, 1.165) is 28.7 Å². The lowest BCUT2D eigenvalue weighted by Crippen LogP contribution is -2.13. The van der Waals surface area contributed by atoms with Gasteiger partial charge in [-0.1, -0.05) is 40.3 Å². The highest BCUT2D eigenvalue weighted by molar-refractivity contribution is 9.10. The number of nitrogen functional groups attached to an aromatic ring is 1. The van der Waals surface area contributed by atoms with Gasteiger partial charge in [0.2, 0.25) is 0 Å². The summed E-state index contributed by atoms with van der Waals surface area (Å²) in [7, 11) is 0. The van der Waals surface area contributed by atoms with Crippen molar-refractivity contribution in [3.63, 3.8) is 0 Å². The number of halogens is 1. The number of carbonyl (C=O) groups is 1. The smallest absolute Gasteiger partial charge is 0.269 e. The van der Waals surface area contributed by atoms with E-state index in [0.29, 0.717) is 10.0 Å². The van der Waals surface area contributed by atoms with Crippen LogP contribution >= 0.6 is 27.3 Å². The minimum Gasteiger partial charge on any atom is -0.382 e. The summed E-state index contributed by atoms with van der Waals surface area (Å²) in [5.74, 6) is 0.0134. The van der Waals surface area contributed by atoms with E-state index in [-0.39, 0.29) is 11.7 Å². The zero-order valence-electron chi connectivity index (χ0n) is 11.9. The summed E-state index contributed by atoms with van der Waals surface area (Å²) in [6.45, 7) is 4.80. The van der Waals surface area contributed by atoms with Gasteiger partial charge in [0, 0.05) is 16.7 Å². The van der Waals surface area contributed by atoms with Crippen molar-refractivity contribution in [2.24, 2.45) is 0 Å². The number of nitrogens with two attached hydrogens (primary N) is 1. The van der Waals surface area contributed by atoms with Crippen molar-refractivity contribution in [1.82, 2.24) is 4.98 Å². The summed E-state index contributed by atoms with van der Waals surface area (Å²) < 4.78 is 0.908. The van der Waals surface area contributed by atoms with Crippen LogP contribution in [0.25, 0.3) is 0 Å². The Balaban J connectivity index is 2.16. The quantitative estimate of drug-likeness (QED) is 0.748. The Labute approximate surface area is 136 Å². The van der Waals surface area contributed by atoms with Crippen LogP contribution in [0.3, 0.4) is 0 Å². The first-order valence-corrected chi connectivity index (χ1v) is 8.20. The van der Waals surface area contributed by atoms with Gasteiger partial charge >= 0.3 is 0 Å². The molecular formula is C14H17BrN4OS. The first-order chi connectivity index (χ1) is 10.0. The van der Waals surface area contributed by atoms with Gasteiger partial charge < -0.3 is 16.4 Å². The van der Waals surface area contributed by atoms with Gasteiger partial charge in [-0.25, -0.2) is 4.98 Å². The zero-order chi connectivity index (χ0) is 15.4. The molecule has 21 heavy (non-hydrogen) atoms. The summed E-state index contributed by atoms with van der Waals surface area (Å²) in [6.07, 6.45) is 0.984. The topological polar surface area (TPSA) is 80.0 Å². The first kappa shape index (κ1) is 15.8. The summed E-state index contributed by atoms with van der Waals surface area (Å²) in [5.41, 5.74) is 7.56. The van der Waals surface area contributed by atoms with Gasteiger partial charge in [0.05, 0.1) is 0 Å². The van der Waals surface area contributed by atoms with Crippen LogP contribution in [0, 0.1) is 6.92 Å². The Morgan fingerprint density at radius 2 is 2.24 bits per heavy atom. The van der Waals surface area contributed by atoms with Gasteiger partial charge in [0.25, 0.3) is 5.91 Å². The Morgan fingerprint density at radius 3 is 2.95 bits per heavy atom. The molecule has 1 aromatic heterocycles. The lowest BCUT2D eigenvalue weighted by Gasteiger charge is -2.07. The van der Waals surface area contributed by atoms with Gasteiger partial charge in [-0.2, -0.15) is 0 Å². The summed E-state index contributed by atoms with van der Waals surface area (Å²) >= 11 is 4.66. The van der Waals surface area contributed by atoms with Crippen LogP contribution in [0.15, 0.2) is 22.7 Å². The number of thiazole rings is 1. The molecule has 0 saturated carbocycles. The van der Waals surface area contributed by atoms with Crippen molar-refractivity contribution in [2.75, 3.05) is 22.9 Å².